The Bertz CT molecular complexity index is 1160. The number of hydrogen-bond acceptors (Lipinski definition) is 4. The second-order valence-corrected chi connectivity index (χ2v) is 9.49. The van der Waals surface area contributed by atoms with Gasteiger partial charge in [0.25, 0.3) is 0 Å². The number of aryl methyl sites for hydroxylation is 2. The molecule has 1 amide bonds. The zero-order chi connectivity index (χ0) is 23.1. The molecule has 0 saturated carbocycles. The van der Waals surface area contributed by atoms with E-state index in [0.29, 0.717) is 18.0 Å². The SMILES string of the molecule is CCOc1ccccc1NC(=O)CN(Cc1ccc(C)cc1)S(=O)(=O)c1ccc(C)cc1. The van der Waals surface area contributed by atoms with E-state index in [1.807, 2.05) is 51.1 Å². The van der Waals surface area contributed by atoms with Crippen LogP contribution in [0.15, 0.2) is 77.7 Å². The molecule has 168 valence electrons. The number of carbonyl (C=O) groups excluding carboxylic acids is 1. The number of amides is 1. The highest BCUT2D eigenvalue weighted by Crippen LogP contribution is 2.24. The molecule has 0 aliphatic rings. The number of carbonyl (C=O) groups is 1. The summed E-state index contributed by atoms with van der Waals surface area (Å²) in [5.41, 5.74) is 3.34. The van der Waals surface area contributed by atoms with Gasteiger partial charge in [0, 0.05) is 6.54 Å². The van der Waals surface area contributed by atoms with E-state index in [4.69, 9.17) is 4.74 Å². The van der Waals surface area contributed by atoms with Crippen molar-refractivity contribution in [2.24, 2.45) is 0 Å². The van der Waals surface area contributed by atoms with Crippen LogP contribution in [-0.4, -0.2) is 31.8 Å². The van der Waals surface area contributed by atoms with Crippen molar-refractivity contribution in [3.05, 3.63) is 89.5 Å². The van der Waals surface area contributed by atoms with E-state index in [-0.39, 0.29) is 18.0 Å². The fraction of sp³-hybridized carbons (Fsp3) is 0.240. The summed E-state index contributed by atoms with van der Waals surface area (Å²) in [4.78, 5) is 13.0. The van der Waals surface area contributed by atoms with Gasteiger partial charge in [0.05, 0.1) is 23.7 Å². The van der Waals surface area contributed by atoms with E-state index >= 15 is 0 Å². The number of sulfonamides is 1. The van der Waals surface area contributed by atoms with Gasteiger partial charge in [0.1, 0.15) is 5.75 Å². The third-order valence-electron chi connectivity index (χ3n) is 4.92. The van der Waals surface area contributed by atoms with Crippen LogP contribution in [0.25, 0.3) is 0 Å². The van der Waals surface area contributed by atoms with Crippen molar-refractivity contribution in [2.75, 3.05) is 18.5 Å². The normalized spacial score (nSPS) is 11.4. The lowest BCUT2D eigenvalue weighted by atomic mass is 10.1. The van der Waals surface area contributed by atoms with Gasteiger partial charge < -0.3 is 10.1 Å². The molecule has 3 aromatic rings. The van der Waals surface area contributed by atoms with E-state index in [0.717, 1.165) is 16.7 Å². The van der Waals surface area contributed by atoms with Crippen LogP contribution in [0.2, 0.25) is 0 Å². The van der Waals surface area contributed by atoms with Crippen molar-refractivity contribution < 1.29 is 17.9 Å². The predicted molar refractivity (Wildman–Crippen MR) is 126 cm³/mol. The minimum Gasteiger partial charge on any atom is -0.492 e. The molecule has 0 unspecified atom stereocenters. The van der Waals surface area contributed by atoms with E-state index in [9.17, 15) is 13.2 Å². The fourth-order valence-corrected chi connectivity index (χ4v) is 4.57. The predicted octanol–water partition coefficient (Wildman–Crippen LogP) is 4.53. The Morgan fingerprint density at radius 2 is 1.50 bits per heavy atom. The van der Waals surface area contributed by atoms with Crippen LogP contribution in [0.5, 0.6) is 5.75 Å². The van der Waals surface area contributed by atoms with Crippen molar-refractivity contribution in [2.45, 2.75) is 32.2 Å². The Hall–Kier alpha value is -3.16. The largest absolute Gasteiger partial charge is 0.492 e. The highest BCUT2D eigenvalue weighted by Gasteiger charge is 2.27. The summed E-state index contributed by atoms with van der Waals surface area (Å²) < 4.78 is 33.5. The number of ether oxygens (including phenoxy) is 1. The number of hydrogen-bond donors (Lipinski definition) is 1. The quantitative estimate of drug-likeness (QED) is 0.518. The topological polar surface area (TPSA) is 75.7 Å². The number of anilines is 1. The second kappa shape index (κ2) is 10.4. The molecule has 7 heteroatoms. The van der Waals surface area contributed by atoms with Crippen molar-refractivity contribution in [1.29, 1.82) is 0 Å². The highest BCUT2D eigenvalue weighted by molar-refractivity contribution is 7.89. The number of rotatable bonds is 9. The average molecular weight is 453 g/mol. The van der Waals surface area contributed by atoms with Crippen molar-refractivity contribution in [3.8, 4) is 5.75 Å². The van der Waals surface area contributed by atoms with Gasteiger partial charge in [0.15, 0.2) is 0 Å². The molecule has 0 fully saturated rings. The van der Waals surface area contributed by atoms with Gasteiger partial charge in [-0.15, -0.1) is 0 Å². The second-order valence-electron chi connectivity index (χ2n) is 7.55. The highest BCUT2D eigenvalue weighted by atomic mass is 32.2. The molecule has 1 N–H and O–H groups in total. The lowest BCUT2D eigenvalue weighted by Gasteiger charge is -2.22. The lowest BCUT2D eigenvalue weighted by molar-refractivity contribution is -0.116. The van der Waals surface area contributed by atoms with Gasteiger partial charge >= 0.3 is 0 Å². The Balaban J connectivity index is 1.87. The average Bonchev–Trinajstić information content (AvgIpc) is 2.76. The molecule has 0 radical (unpaired) electrons. The lowest BCUT2D eigenvalue weighted by Crippen LogP contribution is -2.37. The summed E-state index contributed by atoms with van der Waals surface area (Å²) >= 11 is 0. The smallest absolute Gasteiger partial charge is 0.243 e. The van der Waals surface area contributed by atoms with Crippen LogP contribution < -0.4 is 10.1 Å². The number of para-hydroxylation sites is 2. The maximum atomic E-state index is 13.4. The molecule has 0 aliphatic heterocycles. The molecule has 0 atom stereocenters. The summed E-state index contributed by atoms with van der Waals surface area (Å²) in [5.74, 6) is 0.0924. The van der Waals surface area contributed by atoms with Gasteiger partial charge in [-0.3, -0.25) is 4.79 Å². The van der Waals surface area contributed by atoms with Gasteiger partial charge in [-0.1, -0.05) is 59.7 Å². The molecule has 3 aromatic carbocycles. The van der Waals surface area contributed by atoms with Gasteiger partial charge in [-0.05, 0) is 50.6 Å². The summed E-state index contributed by atoms with van der Waals surface area (Å²) in [7, 11) is -3.89. The van der Waals surface area contributed by atoms with Crippen LogP contribution in [0, 0.1) is 13.8 Å². The maximum Gasteiger partial charge on any atom is 0.243 e. The molecular formula is C25H28N2O4S. The Labute approximate surface area is 189 Å². The van der Waals surface area contributed by atoms with Crippen molar-refractivity contribution >= 4 is 21.6 Å². The maximum absolute atomic E-state index is 13.4. The molecular weight excluding hydrogens is 424 g/mol. The number of nitrogens with one attached hydrogen (secondary N) is 1. The third kappa shape index (κ3) is 5.96. The summed E-state index contributed by atoms with van der Waals surface area (Å²) in [5, 5.41) is 2.78. The fourth-order valence-electron chi connectivity index (χ4n) is 3.18. The van der Waals surface area contributed by atoms with Crippen molar-refractivity contribution in [1.82, 2.24) is 4.31 Å². The van der Waals surface area contributed by atoms with E-state index in [1.54, 1.807) is 42.5 Å². The van der Waals surface area contributed by atoms with Gasteiger partial charge in [-0.2, -0.15) is 4.31 Å². The molecule has 0 aliphatic carbocycles. The molecule has 0 aromatic heterocycles. The zero-order valence-corrected chi connectivity index (χ0v) is 19.4. The third-order valence-corrected chi connectivity index (χ3v) is 6.73. The van der Waals surface area contributed by atoms with E-state index in [1.165, 1.54) is 4.31 Å². The van der Waals surface area contributed by atoms with Crippen LogP contribution in [0.4, 0.5) is 5.69 Å². The first-order chi connectivity index (χ1) is 15.3. The molecule has 0 bridgehead atoms. The Morgan fingerprint density at radius 1 is 0.906 bits per heavy atom. The van der Waals surface area contributed by atoms with Crippen LogP contribution in [0.3, 0.4) is 0 Å². The van der Waals surface area contributed by atoms with E-state index < -0.39 is 15.9 Å². The molecule has 0 heterocycles. The van der Waals surface area contributed by atoms with Crippen molar-refractivity contribution in [3.63, 3.8) is 0 Å². The van der Waals surface area contributed by atoms with Crippen LogP contribution >= 0.6 is 0 Å². The molecule has 3 rings (SSSR count). The van der Waals surface area contributed by atoms with Crippen LogP contribution in [0.1, 0.15) is 23.6 Å². The standard InChI is InChI=1S/C25H28N2O4S/c1-4-31-24-8-6-5-7-23(24)26-25(28)18-27(17-21-13-9-19(2)10-14-21)32(29,30)22-15-11-20(3)12-16-22/h5-16H,4,17-18H2,1-3H3,(H,26,28). The minimum absolute atomic E-state index is 0.0804. The first-order valence-corrected chi connectivity index (χ1v) is 11.9. The number of nitrogens with zero attached hydrogens (tertiary/aromatic N) is 1. The van der Waals surface area contributed by atoms with E-state index in [2.05, 4.69) is 5.32 Å². The van der Waals surface area contributed by atoms with Gasteiger partial charge in [-0.25, -0.2) is 8.42 Å². The Morgan fingerprint density at radius 3 is 2.12 bits per heavy atom. The zero-order valence-electron chi connectivity index (χ0n) is 18.5. The summed E-state index contributed by atoms with van der Waals surface area (Å²) in [6.07, 6.45) is 0. The molecule has 0 spiro atoms. The first kappa shape index (κ1) is 23.5. The summed E-state index contributed by atoms with van der Waals surface area (Å²) in [6, 6.07) is 21.3. The minimum atomic E-state index is -3.89. The van der Waals surface area contributed by atoms with Gasteiger partial charge in [0.2, 0.25) is 15.9 Å². The number of benzene rings is 3. The Kier molecular flexibility index (Phi) is 7.66. The summed E-state index contributed by atoms with van der Waals surface area (Å²) in [6.45, 7) is 5.92. The monoisotopic (exact) mass is 452 g/mol. The van der Waals surface area contributed by atoms with Crippen LogP contribution in [-0.2, 0) is 21.4 Å². The first-order valence-electron chi connectivity index (χ1n) is 10.4. The molecule has 6 nitrogen and oxygen atoms in total. The molecule has 32 heavy (non-hydrogen) atoms. The molecule has 0 saturated heterocycles.